The summed E-state index contributed by atoms with van der Waals surface area (Å²) in [6.45, 7) is 5.43. The summed E-state index contributed by atoms with van der Waals surface area (Å²) in [6, 6.07) is 8.80. The third-order valence-electron chi connectivity index (χ3n) is 2.19. The van der Waals surface area contributed by atoms with Crippen molar-refractivity contribution in [2.75, 3.05) is 6.16 Å². The molecule has 18 heavy (non-hydrogen) atoms. The van der Waals surface area contributed by atoms with Gasteiger partial charge in [-0.2, -0.15) is 0 Å². The Hall–Kier alpha value is -1.12. The molecule has 1 N–H and O–H groups in total. The van der Waals surface area contributed by atoms with Gasteiger partial charge in [0.15, 0.2) is 0 Å². The maximum atomic E-state index is 12.8. The van der Waals surface area contributed by atoms with Crippen molar-refractivity contribution in [1.82, 2.24) is 0 Å². The van der Waals surface area contributed by atoms with Gasteiger partial charge in [-0.3, -0.25) is 9.36 Å². The zero-order valence-electron chi connectivity index (χ0n) is 10.9. The molecule has 1 rings (SSSR count). The molecule has 1 unspecified atom stereocenters. The van der Waals surface area contributed by atoms with Crippen molar-refractivity contribution in [2.45, 2.75) is 32.8 Å². The van der Waals surface area contributed by atoms with E-state index in [9.17, 15) is 9.36 Å². The molecule has 5 heteroatoms. The van der Waals surface area contributed by atoms with Crippen molar-refractivity contribution >= 4 is 18.6 Å². The van der Waals surface area contributed by atoms with Gasteiger partial charge in [0.2, 0.25) is 7.37 Å². The van der Waals surface area contributed by atoms with Gasteiger partial charge >= 0.3 is 5.97 Å². The summed E-state index contributed by atoms with van der Waals surface area (Å²) in [6.07, 6.45) is -0.147. The first-order valence-corrected chi connectivity index (χ1v) is 7.61. The van der Waals surface area contributed by atoms with Gasteiger partial charge in [-0.05, 0) is 32.9 Å². The normalized spacial score (nSPS) is 15.1. The van der Waals surface area contributed by atoms with E-state index in [1.807, 2.05) is 26.8 Å². The standard InChI is InChI=1S/C13H19O4P/c1-13(2,3)17-18(16,10-9-12(14)15)11-7-5-4-6-8-11/h4-8H,9-10H2,1-3H3,(H,14,15). The van der Waals surface area contributed by atoms with E-state index in [4.69, 9.17) is 9.63 Å². The van der Waals surface area contributed by atoms with Crippen molar-refractivity contribution in [2.24, 2.45) is 0 Å². The van der Waals surface area contributed by atoms with Crippen molar-refractivity contribution in [1.29, 1.82) is 0 Å². The summed E-state index contributed by atoms with van der Waals surface area (Å²) in [7, 11) is -3.13. The Bertz CT molecular complexity index is 448. The molecule has 0 spiro atoms. The third kappa shape index (κ3) is 4.63. The summed E-state index contributed by atoms with van der Waals surface area (Å²) in [5, 5.41) is 9.32. The van der Waals surface area contributed by atoms with Crippen molar-refractivity contribution in [3.63, 3.8) is 0 Å². The number of rotatable bonds is 5. The number of hydrogen-bond donors (Lipinski definition) is 1. The summed E-state index contributed by atoms with van der Waals surface area (Å²) in [5.41, 5.74) is -0.579. The average Bonchev–Trinajstić information content (AvgIpc) is 2.25. The zero-order valence-corrected chi connectivity index (χ0v) is 11.8. The van der Waals surface area contributed by atoms with Gasteiger partial charge in [-0.1, -0.05) is 18.2 Å². The number of carbonyl (C=O) groups is 1. The molecule has 0 aliphatic rings. The molecular formula is C13H19O4P. The smallest absolute Gasteiger partial charge is 0.303 e. The fourth-order valence-corrected chi connectivity index (χ4v) is 4.02. The molecular weight excluding hydrogens is 251 g/mol. The molecule has 0 amide bonds. The maximum absolute atomic E-state index is 12.8. The van der Waals surface area contributed by atoms with E-state index in [1.54, 1.807) is 24.3 Å². The van der Waals surface area contributed by atoms with Gasteiger partial charge < -0.3 is 9.63 Å². The summed E-state index contributed by atoms with van der Waals surface area (Å²) in [4.78, 5) is 10.7. The molecule has 1 aromatic carbocycles. The molecule has 1 atom stereocenters. The second-order valence-electron chi connectivity index (χ2n) is 5.08. The molecule has 0 radical (unpaired) electrons. The highest BCUT2D eigenvalue weighted by Gasteiger charge is 2.31. The van der Waals surface area contributed by atoms with Crippen LogP contribution in [-0.4, -0.2) is 22.8 Å². The second-order valence-corrected chi connectivity index (χ2v) is 7.57. The number of benzene rings is 1. The van der Waals surface area contributed by atoms with Gasteiger partial charge in [-0.15, -0.1) is 0 Å². The number of carboxylic acid groups (broad SMARTS) is 1. The summed E-state index contributed by atoms with van der Waals surface area (Å²) in [5.74, 6) is -0.969. The van der Waals surface area contributed by atoms with E-state index in [2.05, 4.69) is 0 Å². The molecule has 1 aromatic rings. The Morgan fingerprint density at radius 3 is 2.28 bits per heavy atom. The molecule has 100 valence electrons. The topological polar surface area (TPSA) is 63.6 Å². The highest BCUT2D eigenvalue weighted by Crippen LogP contribution is 2.49. The monoisotopic (exact) mass is 270 g/mol. The highest BCUT2D eigenvalue weighted by atomic mass is 31.2. The van der Waals surface area contributed by atoms with Crippen LogP contribution in [0.3, 0.4) is 0 Å². The van der Waals surface area contributed by atoms with Crippen LogP contribution >= 0.6 is 7.37 Å². The van der Waals surface area contributed by atoms with Crippen molar-refractivity contribution < 1.29 is 19.0 Å². The lowest BCUT2D eigenvalue weighted by atomic mass is 10.2. The molecule has 0 fully saturated rings. The lowest BCUT2D eigenvalue weighted by Gasteiger charge is -2.27. The second kappa shape index (κ2) is 5.68. The zero-order chi connectivity index (χ0) is 13.8. The maximum Gasteiger partial charge on any atom is 0.303 e. The fourth-order valence-electron chi connectivity index (χ4n) is 1.57. The molecule has 0 heterocycles. The third-order valence-corrected chi connectivity index (χ3v) is 4.93. The fraction of sp³-hybridized carbons (Fsp3) is 0.462. The lowest BCUT2D eigenvalue weighted by Crippen LogP contribution is -2.23. The van der Waals surface area contributed by atoms with Crippen LogP contribution in [0.1, 0.15) is 27.2 Å². The van der Waals surface area contributed by atoms with Gasteiger partial charge in [0.25, 0.3) is 0 Å². The summed E-state index contributed by atoms with van der Waals surface area (Å²) < 4.78 is 18.5. The van der Waals surface area contributed by atoms with Crippen LogP contribution in [0.5, 0.6) is 0 Å². The molecule has 0 saturated heterocycles. The van der Waals surface area contributed by atoms with Crippen LogP contribution in [-0.2, 0) is 13.9 Å². The van der Waals surface area contributed by atoms with E-state index < -0.39 is 18.9 Å². The minimum absolute atomic E-state index is 0.0175. The summed E-state index contributed by atoms with van der Waals surface area (Å²) >= 11 is 0. The minimum atomic E-state index is -3.13. The minimum Gasteiger partial charge on any atom is -0.481 e. The molecule has 0 aromatic heterocycles. The van der Waals surface area contributed by atoms with Crippen LogP contribution in [0.4, 0.5) is 0 Å². The van der Waals surface area contributed by atoms with Crippen LogP contribution < -0.4 is 5.30 Å². The SMILES string of the molecule is CC(C)(C)OP(=O)(CCC(=O)O)c1ccccc1. The highest BCUT2D eigenvalue weighted by molar-refractivity contribution is 7.67. The van der Waals surface area contributed by atoms with Gasteiger partial charge in [-0.25, -0.2) is 0 Å². The van der Waals surface area contributed by atoms with Crippen molar-refractivity contribution in [3.8, 4) is 0 Å². The first-order chi connectivity index (χ1) is 8.23. The van der Waals surface area contributed by atoms with E-state index >= 15 is 0 Å². The van der Waals surface area contributed by atoms with E-state index in [0.29, 0.717) is 5.30 Å². The van der Waals surface area contributed by atoms with Crippen LogP contribution in [0.25, 0.3) is 0 Å². The van der Waals surface area contributed by atoms with E-state index in [1.165, 1.54) is 0 Å². The molecule has 0 saturated carbocycles. The Kier molecular flexibility index (Phi) is 4.71. The van der Waals surface area contributed by atoms with Gasteiger partial charge in [0.05, 0.1) is 12.0 Å². The quantitative estimate of drug-likeness (QED) is 0.835. The lowest BCUT2D eigenvalue weighted by molar-refractivity contribution is -0.136. The number of carboxylic acids is 1. The van der Waals surface area contributed by atoms with Crippen LogP contribution in [0.2, 0.25) is 0 Å². The molecule has 4 nitrogen and oxygen atoms in total. The average molecular weight is 270 g/mol. The van der Waals surface area contributed by atoms with E-state index in [0.717, 1.165) is 0 Å². The van der Waals surface area contributed by atoms with Gasteiger partial charge in [0, 0.05) is 11.5 Å². The predicted molar refractivity (Wildman–Crippen MR) is 71.6 cm³/mol. The van der Waals surface area contributed by atoms with Crippen LogP contribution in [0, 0.1) is 0 Å². The molecule has 0 aliphatic heterocycles. The first kappa shape index (κ1) is 14.9. The van der Waals surface area contributed by atoms with Gasteiger partial charge in [0.1, 0.15) is 0 Å². The van der Waals surface area contributed by atoms with Crippen LogP contribution in [0.15, 0.2) is 30.3 Å². The number of hydrogen-bond acceptors (Lipinski definition) is 3. The Morgan fingerprint density at radius 2 is 1.83 bits per heavy atom. The Labute approximate surface area is 107 Å². The first-order valence-electron chi connectivity index (χ1n) is 5.80. The molecule has 0 bridgehead atoms. The number of aliphatic carboxylic acids is 1. The largest absolute Gasteiger partial charge is 0.481 e. The Balaban J connectivity index is 3.02. The van der Waals surface area contributed by atoms with E-state index in [-0.39, 0.29) is 12.6 Å². The molecule has 0 aliphatic carbocycles. The Morgan fingerprint density at radius 1 is 1.28 bits per heavy atom. The predicted octanol–water partition coefficient (Wildman–Crippen LogP) is 2.88. The van der Waals surface area contributed by atoms with Crippen molar-refractivity contribution in [3.05, 3.63) is 30.3 Å².